The predicted molar refractivity (Wildman–Crippen MR) is 135 cm³/mol. The van der Waals surface area contributed by atoms with Crippen LogP contribution in [0.1, 0.15) is 43.2 Å². The largest absolute Gasteiger partial charge is 0.372 e. The number of aliphatic hydroxyl groups is 1. The Morgan fingerprint density at radius 1 is 1.10 bits per heavy atom. The number of nitrogens with zero attached hydrogens (tertiary/aromatic N) is 2. The second-order valence-electron chi connectivity index (χ2n) is 11.0. The fraction of sp³-hybridized carbons (Fsp3) is 0.448. The molecule has 5 aliphatic rings. The maximum Gasteiger partial charge on any atom is 0.264 e. The van der Waals surface area contributed by atoms with Crippen LogP contribution < -0.4 is 10.6 Å². The first-order valence-electron chi connectivity index (χ1n) is 13.3. The molecule has 10 heteroatoms. The maximum atomic E-state index is 15.2. The van der Waals surface area contributed by atoms with E-state index in [0.717, 1.165) is 4.90 Å². The second kappa shape index (κ2) is 9.12. The summed E-state index contributed by atoms with van der Waals surface area (Å²) in [5, 5.41) is 27.0. The van der Waals surface area contributed by atoms with Crippen molar-refractivity contribution in [2.24, 2.45) is 11.8 Å². The van der Waals surface area contributed by atoms with Crippen molar-refractivity contribution in [2.45, 2.75) is 61.8 Å². The molecule has 2 bridgehead atoms. The van der Waals surface area contributed by atoms with E-state index in [1.54, 1.807) is 48.5 Å². The summed E-state index contributed by atoms with van der Waals surface area (Å²) in [6, 6.07) is 12.2. The summed E-state index contributed by atoms with van der Waals surface area (Å²) in [5.41, 5.74) is -0.153. The molecular weight excluding hydrogens is 506 g/mol. The summed E-state index contributed by atoms with van der Waals surface area (Å²) >= 11 is 0. The molecule has 3 aliphatic heterocycles. The highest BCUT2D eigenvalue weighted by Gasteiger charge is 2.63. The molecule has 0 spiro atoms. The number of piperidine rings is 2. The Morgan fingerprint density at radius 2 is 1.74 bits per heavy atom. The summed E-state index contributed by atoms with van der Waals surface area (Å²) in [7, 11) is 0. The Hall–Kier alpha value is -3.84. The van der Waals surface area contributed by atoms with Gasteiger partial charge in [-0.2, -0.15) is 5.26 Å². The highest BCUT2D eigenvalue weighted by Crippen LogP contribution is 2.53. The van der Waals surface area contributed by atoms with Gasteiger partial charge in [0.2, 0.25) is 11.8 Å². The summed E-state index contributed by atoms with van der Waals surface area (Å²) in [4.78, 5) is 41.2. The topological polar surface area (TPSA) is 123 Å². The molecule has 8 nitrogen and oxygen atoms in total. The van der Waals surface area contributed by atoms with Crippen LogP contribution in [0.5, 0.6) is 0 Å². The van der Waals surface area contributed by atoms with Crippen LogP contribution in [0.15, 0.2) is 48.5 Å². The van der Waals surface area contributed by atoms with Gasteiger partial charge in [0, 0.05) is 36.1 Å². The van der Waals surface area contributed by atoms with E-state index < -0.39 is 59.7 Å². The Kier molecular flexibility index (Phi) is 5.95. The van der Waals surface area contributed by atoms with Gasteiger partial charge in [-0.1, -0.05) is 48.5 Å². The van der Waals surface area contributed by atoms with Crippen LogP contribution in [0.25, 0.3) is 11.1 Å². The quantitative estimate of drug-likeness (QED) is 0.544. The van der Waals surface area contributed by atoms with Crippen LogP contribution in [-0.2, 0) is 20.0 Å². The fourth-order valence-electron chi connectivity index (χ4n) is 6.98. The minimum Gasteiger partial charge on any atom is -0.372 e. The van der Waals surface area contributed by atoms with Crippen LogP contribution in [0.2, 0.25) is 0 Å². The SMILES string of the molecule is N#C[C@@H](C[C@@H]1CCNC1=O)NC(=O)[C@@H]1[C@@H]2CC[C@@H](CC2(F)F)N1C(=O)C1(O)c2ccccc2-c2ccccc21. The highest BCUT2D eigenvalue weighted by atomic mass is 19.3. The molecule has 3 saturated heterocycles. The third kappa shape index (κ3) is 3.82. The zero-order chi connectivity index (χ0) is 27.5. The van der Waals surface area contributed by atoms with Gasteiger partial charge in [-0.3, -0.25) is 14.4 Å². The minimum absolute atomic E-state index is 0.0351. The molecule has 2 aromatic rings. The summed E-state index contributed by atoms with van der Waals surface area (Å²) in [5.74, 6) is -7.03. The van der Waals surface area contributed by atoms with Crippen LogP contribution >= 0.6 is 0 Å². The van der Waals surface area contributed by atoms with E-state index in [1.165, 1.54) is 0 Å². The van der Waals surface area contributed by atoms with E-state index in [-0.39, 0.29) is 25.2 Å². The first-order valence-corrected chi connectivity index (χ1v) is 13.3. The van der Waals surface area contributed by atoms with Gasteiger partial charge >= 0.3 is 0 Å². The van der Waals surface area contributed by atoms with Crippen molar-refractivity contribution in [1.82, 2.24) is 15.5 Å². The van der Waals surface area contributed by atoms with Crippen LogP contribution in [0.4, 0.5) is 8.78 Å². The van der Waals surface area contributed by atoms with Crippen molar-refractivity contribution >= 4 is 17.7 Å². The lowest BCUT2D eigenvalue weighted by Crippen LogP contribution is -2.70. The number of hydrogen-bond donors (Lipinski definition) is 3. The molecule has 0 aromatic heterocycles. The Bertz CT molecular complexity index is 1360. The third-order valence-electron chi connectivity index (χ3n) is 8.83. The molecule has 3 heterocycles. The smallest absolute Gasteiger partial charge is 0.264 e. The number of hydrogen-bond acceptors (Lipinski definition) is 5. The number of amides is 3. The average molecular weight is 535 g/mol. The van der Waals surface area contributed by atoms with Gasteiger partial charge in [0.1, 0.15) is 12.1 Å². The fourth-order valence-corrected chi connectivity index (χ4v) is 6.98. The van der Waals surface area contributed by atoms with Gasteiger partial charge in [0.15, 0.2) is 5.60 Å². The van der Waals surface area contributed by atoms with Crippen molar-refractivity contribution in [3.05, 3.63) is 59.7 Å². The van der Waals surface area contributed by atoms with E-state index in [0.29, 0.717) is 35.2 Å². The normalized spacial score (nSPS) is 28.2. The number of benzene rings is 2. The first kappa shape index (κ1) is 25.4. The number of nitriles is 1. The second-order valence-corrected chi connectivity index (χ2v) is 11.0. The number of alkyl halides is 2. The lowest BCUT2D eigenvalue weighted by Gasteiger charge is -2.54. The molecule has 3 N–H and O–H groups in total. The van der Waals surface area contributed by atoms with Gasteiger partial charge in [-0.25, -0.2) is 8.78 Å². The first-order chi connectivity index (χ1) is 18.7. The number of carbonyl (C=O) groups excluding carboxylic acids is 3. The lowest BCUT2D eigenvalue weighted by atomic mass is 9.70. The van der Waals surface area contributed by atoms with Gasteiger partial charge in [-0.15, -0.1) is 0 Å². The molecule has 3 amide bonds. The van der Waals surface area contributed by atoms with Crippen LogP contribution in [0, 0.1) is 23.2 Å². The van der Waals surface area contributed by atoms with Gasteiger partial charge in [0.25, 0.3) is 11.8 Å². The molecule has 2 aromatic carbocycles. The Balaban J connectivity index is 1.36. The number of rotatable bonds is 5. The molecule has 4 fully saturated rings. The summed E-state index contributed by atoms with van der Waals surface area (Å²) < 4.78 is 30.4. The van der Waals surface area contributed by atoms with E-state index in [1.807, 2.05) is 6.07 Å². The molecule has 2 aliphatic carbocycles. The third-order valence-corrected chi connectivity index (χ3v) is 8.83. The molecule has 0 unspecified atom stereocenters. The van der Waals surface area contributed by atoms with E-state index in [9.17, 15) is 24.8 Å². The van der Waals surface area contributed by atoms with E-state index >= 15 is 8.78 Å². The molecule has 202 valence electrons. The zero-order valence-corrected chi connectivity index (χ0v) is 21.1. The maximum absolute atomic E-state index is 15.2. The number of carbonyl (C=O) groups is 3. The van der Waals surface area contributed by atoms with Crippen LogP contribution in [0.3, 0.4) is 0 Å². The molecule has 39 heavy (non-hydrogen) atoms. The number of nitrogens with one attached hydrogen (secondary N) is 2. The Morgan fingerprint density at radius 3 is 2.31 bits per heavy atom. The molecule has 7 rings (SSSR count). The van der Waals surface area contributed by atoms with Crippen molar-refractivity contribution in [2.75, 3.05) is 6.54 Å². The van der Waals surface area contributed by atoms with Gasteiger partial charge < -0.3 is 20.6 Å². The standard InChI is InChI=1S/C29H28F2N4O4/c30-28(31)14-18-9-10-23(28)24(26(37)34-17(15-32)13-16-11-12-33-25(16)36)35(18)27(38)29(39)21-7-3-1-5-19(21)20-6-2-4-8-22(20)29/h1-8,16-18,23-24,39H,9-14H2,(H,33,36)(H,34,37)/t16-,17+,18-,23-,24-/m0/s1. The summed E-state index contributed by atoms with van der Waals surface area (Å²) in [6.45, 7) is 0.470. The van der Waals surface area contributed by atoms with E-state index in [4.69, 9.17) is 0 Å². The highest BCUT2D eigenvalue weighted by molar-refractivity contribution is 6.01. The minimum atomic E-state index is -3.19. The van der Waals surface area contributed by atoms with Gasteiger partial charge in [0.05, 0.1) is 12.0 Å². The van der Waals surface area contributed by atoms with Gasteiger partial charge in [-0.05, 0) is 36.8 Å². The molecule has 5 atom stereocenters. The number of fused-ring (bicyclic) bond motifs is 6. The number of halogens is 2. The van der Waals surface area contributed by atoms with Crippen molar-refractivity contribution in [3.63, 3.8) is 0 Å². The van der Waals surface area contributed by atoms with E-state index in [2.05, 4.69) is 10.6 Å². The molecule has 1 saturated carbocycles. The molecule has 0 radical (unpaired) electrons. The van der Waals surface area contributed by atoms with Crippen molar-refractivity contribution < 1.29 is 28.3 Å². The summed E-state index contributed by atoms with van der Waals surface area (Å²) in [6.07, 6.45) is 0.266. The Labute approximate surface area is 224 Å². The average Bonchev–Trinajstić information content (AvgIpc) is 3.46. The van der Waals surface area contributed by atoms with Crippen molar-refractivity contribution in [1.29, 1.82) is 5.26 Å². The van der Waals surface area contributed by atoms with Crippen molar-refractivity contribution in [3.8, 4) is 17.2 Å². The predicted octanol–water partition coefficient (Wildman–Crippen LogP) is 2.45. The molecular formula is C29H28F2N4O4. The van der Waals surface area contributed by atoms with Crippen LogP contribution in [-0.4, -0.2) is 58.3 Å². The lowest BCUT2D eigenvalue weighted by molar-refractivity contribution is -0.201. The monoisotopic (exact) mass is 534 g/mol. The zero-order valence-electron chi connectivity index (χ0n) is 21.1.